The van der Waals surface area contributed by atoms with Gasteiger partial charge < -0.3 is 28.6 Å². The molecule has 0 aromatic rings. The van der Waals surface area contributed by atoms with Gasteiger partial charge in [-0.25, -0.2) is 0 Å². The van der Waals surface area contributed by atoms with Gasteiger partial charge in [-0.3, -0.25) is 14.9 Å². The number of esters is 2. The van der Waals surface area contributed by atoms with Crippen molar-refractivity contribution in [1.82, 2.24) is 10.2 Å². The van der Waals surface area contributed by atoms with Crippen molar-refractivity contribution >= 4 is 11.9 Å². The molecular formula is C62H110N2O7. The Morgan fingerprint density at radius 1 is 0.789 bits per heavy atom. The second kappa shape index (κ2) is 33.3. The third-order valence-corrected chi connectivity index (χ3v) is 18.7. The Hall–Kier alpha value is -1.78. The number of hydrogen-bond acceptors (Lipinski definition) is 9. The number of likely N-dealkylation sites (tertiary alicyclic amines) is 1. The van der Waals surface area contributed by atoms with Crippen LogP contribution < -0.4 is 5.32 Å². The normalized spacial score (nSPS) is 28.0. The standard InChI is InChI=1S/C62H110N2O7/c1-8-9-10-11-12-13-14-15-16-17-18-19-20-21-22-26-42-68-47-53(46-64-40-24-23-25-41-64)69-43-44-70-59(65)35-34-58(60(66)67-7)63-48-71-52-36-38-61(5)51(45-52)30-31-54-56-33-32-55(50(4)29-27-28-49(2)3)62(56,6)39-37-57(54)61/h15-16,30,49-50,52-58,63H,8-14,17-29,31-48H2,1-7H3/b16-15-/t50-,52+,53?,54+,55-,56+,57+,58?,61+,62-/m1/s1. The van der Waals surface area contributed by atoms with E-state index in [4.69, 9.17) is 23.7 Å². The molecule has 71 heavy (non-hydrogen) atoms. The van der Waals surface area contributed by atoms with Crippen molar-refractivity contribution < 1.29 is 33.3 Å². The molecule has 0 bridgehead atoms. The SMILES string of the molecule is CCCCCCCC/C=C\CCCCCCCCOCC(CN1CCCCC1)OCCOC(=O)CCC(NCO[C@H]1CC[C@@]2(C)C(=CC[C@H]3[C@@H]4CC[C@H]([C@H](C)CCCC(C)C)[C@@]4(C)CC[C@@H]32)C1)C(=O)OC. The maximum Gasteiger partial charge on any atom is 0.322 e. The number of carbonyl (C=O) groups is 2. The molecule has 0 aromatic heterocycles. The predicted octanol–water partition coefficient (Wildman–Crippen LogP) is 14.8. The highest BCUT2D eigenvalue weighted by Gasteiger charge is 2.59. The topological polar surface area (TPSA) is 95.6 Å². The minimum Gasteiger partial charge on any atom is -0.468 e. The van der Waals surface area contributed by atoms with Gasteiger partial charge in [0, 0.05) is 19.6 Å². The Labute approximate surface area is 436 Å². The van der Waals surface area contributed by atoms with Crippen LogP contribution >= 0.6 is 0 Å². The quantitative estimate of drug-likeness (QED) is 0.0283. The number of allylic oxidation sites excluding steroid dienone is 3. The molecule has 9 nitrogen and oxygen atoms in total. The molecule has 10 atom stereocenters. The maximum absolute atomic E-state index is 12.9. The van der Waals surface area contributed by atoms with Gasteiger partial charge in [-0.1, -0.05) is 149 Å². The molecular weight excluding hydrogens is 885 g/mol. The highest BCUT2D eigenvalue weighted by Crippen LogP contribution is 2.67. The van der Waals surface area contributed by atoms with E-state index < -0.39 is 6.04 Å². The first-order valence-corrected chi connectivity index (χ1v) is 30.3. The van der Waals surface area contributed by atoms with Crippen LogP contribution in [0.1, 0.15) is 234 Å². The lowest BCUT2D eigenvalue weighted by Crippen LogP contribution is -2.51. The predicted molar refractivity (Wildman–Crippen MR) is 292 cm³/mol. The highest BCUT2D eigenvalue weighted by molar-refractivity contribution is 5.77. The highest BCUT2D eigenvalue weighted by atomic mass is 16.6. The van der Waals surface area contributed by atoms with Crippen molar-refractivity contribution in [3.8, 4) is 0 Å². The lowest BCUT2D eigenvalue weighted by Gasteiger charge is -2.58. The summed E-state index contributed by atoms with van der Waals surface area (Å²) in [5.74, 6) is 4.27. The molecule has 5 rings (SSSR count). The van der Waals surface area contributed by atoms with Gasteiger partial charge in [-0.2, -0.15) is 0 Å². The third-order valence-electron chi connectivity index (χ3n) is 18.7. The monoisotopic (exact) mass is 995 g/mol. The Morgan fingerprint density at radius 3 is 2.23 bits per heavy atom. The number of rotatable bonds is 37. The molecule has 1 saturated heterocycles. The Balaban J connectivity index is 0.940. The average Bonchev–Trinajstić information content (AvgIpc) is 3.73. The van der Waals surface area contributed by atoms with Gasteiger partial charge in [-0.15, -0.1) is 0 Å². The summed E-state index contributed by atoms with van der Waals surface area (Å²) in [5.41, 5.74) is 2.38. The summed E-state index contributed by atoms with van der Waals surface area (Å²) < 4.78 is 29.6. The van der Waals surface area contributed by atoms with Crippen LogP contribution in [0.4, 0.5) is 0 Å². The Bertz CT molecular complexity index is 1530. The number of methoxy groups -OCH3 is 1. The molecule has 9 heteroatoms. The molecule has 0 radical (unpaired) electrons. The summed E-state index contributed by atoms with van der Waals surface area (Å²) in [4.78, 5) is 28.2. The van der Waals surface area contributed by atoms with Crippen LogP contribution in [0.25, 0.3) is 0 Å². The number of hydrogen-bond donors (Lipinski definition) is 1. The second-order valence-corrected chi connectivity index (χ2v) is 24.4. The van der Waals surface area contributed by atoms with Crippen molar-refractivity contribution in [1.29, 1.82) is 0 Å². The van der Waals surface area contributed by atoms with Crippen LogP contribution in [0.5, 0.6) is 0 Å². The van der Waals surface area contributed by atoms with Crippen molar-refractivity contribution in [2.75, 3.05) is 59.9 Å². The van der Waals surface area contributed by atoms with E-state index in [1.165, 1.54) is 168 Å². The summed E-state index contributed by atoms with van der Waals surface area (Å²) in [6, 6.07) is -0.644. The van der Waals surface area contributed by atoms with E-state index in [0.717, 1.165) is 81.0 Å². The lowest BCUT2D eigenvalue weighted by molar-refractivity contribution is -0.148. The third kappa shape index (κ3) is 20.0. The molecule has 410 valence electrons. The first-order valence-electron chi connectivity index (χ1n) is 30.3. The minimum atomic E-state index is -0.644. The average molecular weight is 996 g/mol. The zero-order valence-electron chi connectivity index (χ0n) is 47.1. The first-order chi connectivity index (χ1) is 34.5. The number of nitrogens with one attached hydrogen (secondary N) is 1. The van der Waals surface area contributed by atoms with Crippen molar-refractivity contribution in [3.05, 3.63) is 23.8 Å². The minimum absolute atomic E-state index is 0.0558. The van der Waals surface area contributed by atoms with Gasteiger partial charge in [-0.05, 0) is 162 Å². The van der Waals surface area contributed by atoms with Crippen LogP contribution in [0.2, 0.25) is 0 Å². The number of unbranched alkanes of at least 4 members (excludes halogenated alkanes) is 12. The van der Waals surface area contributed by atoms with E-state index in [2.05, 4.69) is 70.0 Å². The van der Waals surface area contributed by atoms with E-state index in [0.29, 0.717) is 18.6 Å². The molecule has 1 N–H and O–H groups in total. The van der Waals surface area contributed by atoms with E-state index in [1.807, 2.05) is 0 Å². The van der Waals surface area contributed by atoms with Crippen molar-refractivity contribution in [2.45, 2.75) is 252 Å². The molecule has 5 aliphatic rings. The zero-order valence-corrected chi connectivity index (χ0v) is 47.1. The Kier molecular flexibility index (Phi) is 28.2. The number of piperidine rings is 1. The van der Waals surface area contributed by atoms with Gasteiger partial charge in [0.1, 0.15) is 12.6 Å². The first kappa shape index (κ1) is 60.1. The summed E-state index contributed by atoms with van der Waals surface area (Å²) in [6.07, 6.45) is 44.0. The van der Waals surface area contributed by atoms with Crippen LogP contribution in [0, 0.1) is 46.3 Å². The fourth-order valence-electron chi connectivity index (χ4n) is 14.5. The van der Waals surface area contributed by atoms with Gasteiger partial charge in [0.2, 0.25) is 0 Å². The largest absolute Gasteiger partial charge is 0.468 e. The summed E-state index contributed by atoms with van der Waals surface area (Å²) in [7, 11) is 1.40. The van der Waals surface area contributed by atoms with Gasteiger partial charge in [0.25, 0.3) is 0 Å². The maximum atomic E-state index is 12.9. The molecule has 2 unspecified atom stereocenters. The van der Waals surface area contributed by atoms with E-state index in [9.17, 15) is 9.59 Å². The number of fused-ring (bicyclic) bond motifs is 5. The number of nitrogens with zero attached hydrogens (tertiary/aromatic N) is 1. The van der Waals surface area contributed by atoms with Crippen LogP contribution in [0.3, 0.4) is 0 Å². The van der Waals surface area contributed by atoms with Gasteiger partial charge >= 0.3 is 11.9 Å². The number of ether oxygens (including phenoxy) is 5. The molecule has 0 amide bonds. The van der Waals surface area contributed by atoms with Crippen molar-refractivity contribution in [3.63, 3.8) is 0 Å². The van der Waals surface area contributed by atoms with Crippen molar-refractivity contribution in [2.24, 2.45) is 46.3 Å². The molecule has 1 aliphatic heterocycles. The second-order valence-electron chi connectivity index (χ2n) is 24.4. The van der Waals surface area contributed by atoms with Crippen LogP contribution in [-0.4, -0.2) is 95.0 Å². The summed E-state index contributed by atoms with van der Waals surface area (Å²) in [5, 5.41) is 3.27. The summed E-state index contributed by atoms with van der Waals surface area (Å²) in [6.45, 7) is 20.0. The summed E-state index contributed by atoms with van der Waals surface area (Å²) >= 11 is 0. The van der Waals surface area contributed by atoms with E-state index >= 15 is 0 Å². The number of carbonyl (C=O) groups excluding carboxylic acids is 2. The molecule has 0 spiro atoms. The molecule has 4 fully saturated rings. The zero-order chi connectivity index (χ0) is 50.7. The molecule has 3 saturated carbocycles. The van der Waals surface area contributed by atoms with Gasteiger partial charge in [0.05, 0.1) is 39.3 Å². The van der Waals surface area contributed by atoms with Crippen LogP contribution in [-0.2, 0) is 33.3 Å². The molecule has 0 aromatic carbocycles. The molecule has 4 aliphatic carbocycles. The van der Waals surface area contributed by atoms with E-state index in [1.54, 1.807) is 5.57 Å². The lowest BCUT2D eigenvalue weighted by atomic mass is 9.47. The van der Waals surface area contributed by atoms with Crippen LogP contribution in [0.15, 0.2) is 23.8 Å². The Morgan fingerprint density at radius 2 is 1.51 bits per heavy atom. The fourth-order valence-corrected chi connectivity index (χ4v) is 14.5. The smallest absolute Gasteiger partial charge is 0.322 e. The molecule has 1 heterocycles. The van der Waals surface area contributed by atoms with Gasteiger partial charge in [0.15, 0.2) is 0 Å². The fraction of sp³-hybridized carbons (Fsp3) is 0.903. The van der Waals surface area contributed by atoms with E-state index in [-0.39, 0.29) is 55.7 Å².